The van der Waals surface area contributed by atoms with Crippen molar-refractivity contribution in [2.24, 2.45) is 5.92 Å². The third-order valence-corrected chi connectivity index (χ3v) is 8.15. The molecule has 238 valence electrons. The van der Waals surface area contributed by atoms with E-state index in [1.165, 1.54) is 12.4 Å². The Morgan fingerprint density at radius 1 is 1.00 bits per heavy atom. The Labute approximate surface area is 271 Å². The lowest BCUT2D eigenvalue weighted by atomic mass is 9.96. The van der Waals surface area contributed by atoms with Gasteiger partial charge >= 0.3 is 0 Å². The van der Waals surface area contributed by atoms with Crippen molar-refractivity contribution in [2.45, 2.75) is 53.6 Å². The molecule has 2 aromatic heterocycles. The number of carbonyl (C=O) groups is 1. The third kappa shape index (κ3) is 8.61. The maximum Gasteiger partial charge on any atom is 0.225 e. The van der Waals surface area contributed by atoms with E-state index in [0.29, 0.717) is 51.3 Å². The van der Waals surface area contributed by atoms with Gasteiger partial charge < -0.3 is 25.6 Å². The zero-order chi connectivity index (χ0) is 32.2. The highest BCUT2D eigenvalue weighted by Gasteiger charge is 2.28. The summed E-state index contributed by atoms with van der Waals surface area (Å²) in [6.07, 6.45) is 6.14. The molecule has 3 aromatic rings. The van der Waals surface area contributed by atoms with Gasteiger partial charge in [-0.1, -0.05) is 50.9 Å². The van der Waals surface area contributed by atoms with Crippen molar-refractivity contribution in [3.63, 3.8) is 0 Å². The highest BCUT2D eigenvalue weighted by Crippen LogP contribution is 2.33. The number of carbonyl (C=O) groups excluding carboxylic acids is 1. The molecule has 0 unspecified atom stereocenters. The van der Waals surface area contributed by atoms with E-state index in [9.17, 15) is 4.79 Å². The number of halogens is 2. The number of aromatic nitrogens is 2. The van der Waals surface area contributed by atoms with Gasteiger partial charge in [-0.05, 0) is 63.2 Å². The van der Waals surface area contributed by atoms with Crippen molar-refractivity contribution in [2.75, 3.05) is 49.9 Å². The molecular formula is C33H45Cl2N7O2. The Balaban J connectivity index is 0.00000127. The van der Waals surface area contributed by atoms with Crippen LogP contribution >= 0.6 is 23.2 Å². The number of hydrogen-bond donors (Lipinski definition) is 3. The first-order valence-corrected chi connectivity index (χ1v) is 16.2. The van der Waals surface area contributed by atoms with Crippen LogP contribution in [0.5, 0.6) is 5.75 Å². The molecular weight excluding hydrogens is 597 g/mol. The molecule has 44 heavy (non-hydrogen) atoms. The van der Waals surface area contributed by atoms with Gasteiger partial charge in [0.25, 0.3) is 0 Å². The van der Waals surface area contributed by atoms with Crippen LogP contribution in [-0.4, -0.2) is 65.8 Å². The van der Waals surface area contributed by atoms with Gasteiger partial charge in [0.15, 0.2) is 0 Å². The molecule has 11 heteroatoms. The van der Waals surface area contributed by atoms with Gasteiger partial charge in [-0.25, -0.2) is 4.98 Å². The molecule has 1 aromatic carbocycles. The molecule has 0 aliphatic carbocycles. The number of nitrogens with two attached hydrogens (primary N) is 1. The number of ether oxygens (including phenoxy) is 1. The molecule has 0 spiro atoms. The fraction of sp³-hybridized carbons (Fsp3) is 0.455. The van der Waals surface area contributed by atoms with Gasteiger partial charge in [0.2, 0.25) is 5.91 Å². The SMILES string of the molecule is CC.CC.C[C@@H](Oc1ccc(N)c(C(=N)c2ccc(N3CCN(C(=O)C4CCNCC4)CC3)nc2)c1)c1c(Cl)cncc1Cl. The number of rotatable bonds is 7. The fourth-order valence-electron chi connectivity index (χ4n) is 5.26. The molecule has 2 aliphatic rings. The number of anilines is 2. The first-order chi connectivity index (χ1) is 21.3. The molecule has 4 heterocycles. The van der Waals surface area contributed by atoms with Crippen molar-refractivity contribution in [1.29, 1.82) is 5.41 Å². The van der Waals surface area contributed by atoms with Crippen molar-refractivity contribution >= 4 is 46.3 Å². The van der Waals surface area contributed by atoms with Gasteiger partial charge in [-0.3, -0.25) is 15.2 Å². The molecule has 2 saturated heterocycles. The monoisotopic (exact) mass is 641 g/mol. The maximum absolute atomic E-state index is 12.9. The normalized spacial score (nSPS) is 15.7. The number of piperazine rings is 1. The van der Waals surface area contributed by atoms with Crippen LogP contribution in [0.15, 0.2) is 48.9 Å². The largest absolute Gasteiger partial charge is 0.486 e. The van der Waals surface area contributed by atoms with Crippen molar-refractivity contribution in [3.8, 4) is 5.75 Å². The van der Waals surface area contributed by atoms with E-state index in [2.05, 4.69) is 20.2 Å². The Morgan fingerprint density at radius 2 is 1.64 bits per heavy atom. The van der Waals surface area contributed by atoms with E-state index in [4.69, 9.17) is 39.1 Å². The van der Waals surface area contributed by atoms with Crippen LogP contribution in [0.25, 0.3) is 0 Å². The summed E-state index contributed by atoms with van der Waals surface area (Å²) in [5, 5.41) is 13.0. The van der Waals surface area contributed by atoms with E-state index >= 15 is 0 Å². The Kier molecular flexibility index (Phi) is 13.7. The van der Waals surface area contributed by atoms with E-state index < -0.39 is 6.10 Å². The van der Waals surface area contributed by atoms with Crippen molar-refractivity contribution < 1.29 is 9.53 Å². The molecule has 4 N–H and O–H groups in total. The van der Waals surface area contributed by atoms with Gasteiger partial charge in [-0.15, -0.1) is 0 Å². The number of piperidine rings is 1. The number of nitrogens with zero attached hydrogens (tertiary/aromatic N) is 4. The number of nitrogens with one attached hydrogen (secondary N) is 2. The Bertz CT molecular complexity index is 1350. The van der Waals surface area contributed by atoms with Gasteiger partial charge in [0.05, 0.1) is 15.8 Å². The summed E-state index contributed by atoms with van der Waals surface area (Å²) in [7, 11) is 0. The van der Waals surface area contributed by atoms with E-state index in [1.54, 1.807) is 24.4 Å². The average molecular weight is 643 g/mol. The van der Waals surface area contributed by atoms with Crippen LogP contribution in [0.4, 0.5) is 11.5 Å². The summed E-state index contributed by atoms with van der Waals surface area (Å²) in [6, 6.07) is 9.00. The molecule has 9 nitrogen and oxygen atoms in total. The predicted molar refractivity (Wildman–Crippen MR) is 181 cm³/mol. The van der Waals surface area contributed by atoms with Crippen molar-refractivity contribution in [3.05, 3.63) is 75.7 Å². The number of amides is 1. The number of pyridine rings is 2. The third-order valence-electron chi connectivity index (χ3n) is 7.54. The standard InChI is InChI=1S/C29H33Cl2N7O2.2C2H6/c1-18(27-23(30)16-35-17-24(27)31)40-21-3-4-25(32)22(14-21)28(33)20-2-5-26(36-15-20)37-10-12-38(13-11-37)29(39)19-6-8-34-9-7-19;2*1-2/h2-5,14-19,33-34H,6-13,32H2,1H3;2*1-2H3/t18-;;/m1../s1. The molecule has 1 amide bonds. The fourth-order valence-corrected chi connectivity index (χ4v) is 5.93. The van der Waals surface area contributed by atoms with E-state index in [-0.39, 0.29) is 17.5 Å². The van der Waals surface area contributed by atoms with E-state index in [0.717, 1.165) is 44.8 Å². The zero-order valence-corrected chi connectivity index (χ0v) is 27.9. The van der Waals surface area contributed by atoms with Crippen molar-refractivity contribution in [1.82, 2.24) is 20.2 Å². The summed E-state index contributed by atoms with van der Waals surface area (Å²) >= 11 is 12.6. The minimum Gasteiger partial charge on any atom is -0.486 e. The molecule has 2 fully saturated rings. The second kappa shape index (κ2) is 17.2. The predicted octanol–water partition coefficient (Wildman–Crippen LogP) is 6.62. The van der Waals surface area contributed by atoms with Crippen LogP contribution in [0, 0.1) is 11.3 Å². The second-order valence-electron chi connectivity index (χ2n) is 10.1. The quantitative estimate of drug-likeness (QED) is 0.196. The van der Waals surface area contributed by atoms with Crippen LogP contribution in [0.2, 0.25) is 10.0 Å². The summed E-state index contributed by atoms with van der Waals surface area (Å²) in [5.41, 5.74) is 8.77. The molecule has 0 saturated carbocycles. The summed E-state index contributed by atoms with van der Waals surface area (Å²) in [4.78, 5) is 25.7. The molecule has 5 rings (SSSR count). The Morgan fingerprint density at radius 3 is 2.23 bits per heavy atom. The Hall–Kier alpha value is -3.40. The van der Waals surface area contributed by atoms with Crippen LogP contribution in [0.3, 0.4) is 0 Å². The van der Waals surface area contributed by atoms with Gasteiger partial charge in [0.1, 0.15) is 17.7 Å². The number of nitrogen functional groups attached to an aromatic ring is 1. The smallest absolute Gasteiger partial charge is 0.225 e. The van der Waals surface area contributed by atoms with Crippen LogP contribution < -0.4 is 20.7 Å². The minimum absolute atomic E-state index is 0.141. The first kappa shape index (κ1) is 35.1. The van der Waals surface area contributed by atoms with Crippen LogP contribution in [-0.2, 0) is 4.79 Å². The average Bonchev–Trinajstić information content (AvgIpc) is 3.07. The highest BCUT2D eigenvalue weighted by molar-refractivity contribution is 6.35. The maximum atomic E-state index is 12.9. The van der Waals surface area contributed by atoms with Gasteiger partial charge in [0, 0.05) is 73.1 Å². The summed E-state index contributed by atoms with van der Waals surface area (Å²) in [6.45, 7) is 14.5. The topological polar surface area (TPSA) is 120 Å². The van der Waals surface area contributed by atoms with E-state index in [1.807, 2.05) is 51.7 Å². The molecule has 2 aliphatic heterocycles. The molecule has 0 radical (unpaired) electrons. The number of hydrogen-bond acceptors (Lipinski definition) is 8. The minimum atomic E-state index is -0.440. The lowest BCUT2D eigenvalue weighted by Gasteiger charge is -2.37. The number of benzene rings is 1. The highest BCUT2D eigenvalue weighted by atomic mass is 35.5. The summed E-state index contributed by atoms with van der Waals surface area (Å²) in [5.74, 6) is 1.78. The lowest BCUT2D eigenvalue weighted by Crippen LogP contribution is -2.51. The van der Waals surface area contributed by atoms with Crippen LogP contribution in [0.1, 0.15) is 70.3 Å². The zero-order valence-electron chi connectivity index (χ0n) is 26.4. The molecule has 1 atom stereocenters. The summed E-state index contributed by atoms with van der Waals surface area (Å²) < 4.78 is 6.10. The molecule has 0 bridgehead atoms. The lowest BCUT2D eigenvalue weighted by molar-refractivity contribution is -0.136. The first-order valence-electron chi connectivity index (χ1n) is 15.5. The second-order valence-corrected chi connectivity index (χ2v) is 11.0. The van der Waals surface area contributed by atoms with Gasteiger partial charge in [-0.2, -0.15) is 0 Å².